The number of aromatic nitrogens is 5. The van der Waals surface area contributed by atoms with Gasteiger partial charge in [0.2, 0.25) is 0 Å². The van der Waals surface area contributed by atoms with E-state index in [1.807, 2.05) is 4.68 Å². The van der Waals surface area contributed by atoms with E-state index in [9.17, 15) is 0 Å². The van der Waals surface area contributed by atoms with Crippen LogP contribution in [0.15, 0.2) is 19.0 Å². The van der Waals surface area contributed by atoms with Gasteiger partial charge >= 0.3 is 0 Å². The molecule has 0 aliphatic carbocycles. The number of fused-ring (bicyclic) bond motifs is 1. The molecule has 0 fully saturated rings. The molecule has 6 nitrogen and oxygen atoms in total. The minimum atomic E-state index is 0.211. The van der Waals surface area contributed by atoms with E-state index in [0.717, 1.165) is 22.6 Å². The first-order valence-corrected chi connectivity index (χ1v) is 7.27. The number of rotatable bonds is 4. The van der Waals surface area contributed by atoms with Crippen molar-refractivity contribution in [3.63, 3.8) is 0 Å². The predicted octanol–water partition coefficient (Wildman–Crippen LogP) is 2.57. The fourth-order valence-electron chi connectivity index (χ4n) is 2.10. The second-order valence-electron chi connectivity index (χ2n) is 4.79. The number of aryl methyl sites for hydroxylation is 2. The van der Waals surface area contributed by atoms with E-state index in [4.69, 9.17) is 0 Å². The van der Waals surface area contributed by atoms with Crippen molar-refractivity contribution in [3.8, 4) is 0 Å². The Kier molecular flexibility index (Phi) is 3.35. The van der Waals surface area contributed by atoms with E-state index >= 15 is 0 Å². The van der Waals surface area contributed by atoms with Crippen LogP contribution in [0.3, 0.4) is 0 Å². The predicted molar refractivity (Wildman–Crippen MR) is 80.1 cm³/mol. The second-order valence-corrected chi connectivity index (χ2v) is 5.99. The molecule has 20 heavy (non-hydrogen) atoms. The molecule has 0 saturated heterocycles. The number of nitrogens with one attached hydrogen (secondary N) is 1. The Balaban J connectivity index is 1.84. The molecule has 0 aliphatic heterocycles. The highest BCUT2D eigenvalue weighted by atomic mass is 32.1. The van der Waals surface area contributed by atoms with Gasteiger partial charge in [0, 0.05) is 11.4 Å². The normalized spacial score (nSPS) is 12.8. The van der Waals surface area contributed by atoms with Crippen LogP contribution in [0.4, 0.5) is 5.82 Å². The molecule has 0 aliphatic rings. The Morgan fingerprint density at radius 2 is 2.15 bits per heavy atom. The minimum absolute atomic E-state index is 0.211. The minimum Gasteiger partial charge on any atom is -0.367 e. The highest BCUT2D eigenvalue weighted by Gasteiger charge is 2.13. The van der Waals surface area contributed by atoms with E-state index in [1.165, 1.54) is 10.4 Å². The summed E-state index contributed by atoms with van der Waals surface area (Å²) in [6, 6.07) is 0.211. The first kappa shape index (κ1) is 13.0. The summed E-state index contributed by atoms with van der Waals surface area (Å²) in [5.41, 5.74) is 1.25. The van der Waals surface area contributed by atoms with Crippen LogP contribution in [0.5, 0.6) is 0 Å². The van der Waals surface area contributed by atoms with Crippen LogP contribution in [0.1, 0.15) is 23.4 Å². The first-order chi connectivity index (χ1) is 9.66. The lowest BCUT2D eigenvalue weighted by Gasteiger charge is -2.13. The van der Waals surface area contributed by atoms with Gasteiger partial charge in [0.1, 0.15) is 29.6 Å². The third-order valence-electron chi connectivity index (χ3n) is 3.42. The van der Waals surface area contributed by atoms with Crippen molar-refractivity contribution in [1.82, 2.24) is 24.7 Å². The van der Waals surface area contributed by atoms with Gasteiger partial charge in [0.25, 0.3) is 0 Å². The van der Waals surface area contributed by atoms with Gasteiger partial charge in [0.15, 0.2) is 0 Å². The van der Waals surface area contributed by atoms with E-state index in [0.29, 0.717) is 0 Å². The molecule has 3 rings (SSSR count). The fraction of sp³-hybridized carbons (Fsp3) is 0.385. The van der Waals surface area contributed by atoms with E-state index in [2.05, 4.69) is 46.1 Å². The van der Waals surface area contributed by atoms with Crippen LogP contribution >= 0.6 is 11.3 Å². The molecular weight excluding hydrogens is 272 g/mol. The molecule has 0 bridgehead atoms. The zero-order valence-corrected chi connectivity index (χ0v) is 12.5. The van der Waals surface area contributed by atoms with Crippen molar-refractivity contribution in [2.24, 2.45) is 0 Å². The van der Waals surface area contributed by atoms with Crippen molar-refractivity contribution in [2.45, 2.75) is 26.8 Å². The van der Waals surface area contributed by atoms with E-state index < -0.39 is 0 Å². The number of anilines is 1. The molecule has 0 spiro atoms. The number of hydrogen-bond donors (Lipinski definition) is 1. The Morgan fingerprint density at radius 1 is 1.30 bits per heavy atom. The topological polar surface area (TPSA) is 68.5 Å². The highest BCUT2D eigenvalue weighted by molar-refractivity contribution is 7.18. The summed E-state index contributed by atoms with van der Waals surface area (Å²) >= 11 is 1.71. The standard InChI is InChI=1S/C13H16N6S/c1-8(19-7-14-5-18-19)4-15-12-11-9(2)10(3)20-13(11)17-6-16-12/h5-8H,4H2,1-3H3,(H,15,16,17)/t8-/m1/s1. The zero-order chi connectivity index (χ0) is 14.1. The Labute approximate surface area is 120 Å². The third-order valence-corrected chi connectivity index (χ3v) is 4.53. The van der Waals surface area contributed by atoms with E-state index in [-0.39, 0.29) is 6.04 Å². The lowest BCUT2D eigenvalue weighted by molar-refractivity contribution is 0.510. The van der Waals surface area contributed by atoms with Crippen LogP contribution in [0, 0.1) is 13.8 Å². The summed E-state index contributed by atoms with van der Waals surface area (Å²) in [4.78, 5) is 15.0. The largest absolute Gasteiger partial charge is 0.367 e. The molecule has 0 amide bonds. The van der Waals surface area contributed by atoms with Crippen molar-refractivity contribution < 1.29 is 0 Å². The Bertz CT molecular complexity index is 718. The maximum atomic E-state index is 4.37. The van der Waals surface area contributed by atoms with Gasteiger partial charge in [-0.25, -0.2) is 19.6 Å². The molecule has 0 unspecified atom stereocenters. The zero-order valence-electron chi connectivity index (χ0n) is 11.7. The van der Waals surface area contributed by atoms with Crippen LogP contribution < -0.4 is 5.32 Å². The smallest absolute Gasteiger partial charge is 0.138 e. The molecule has 0 radical (unpaired) electrons. The summed E-state index contributed by atoms with van der Waals surface area (Å²) in [6.07, 6.45) is 4.88. The van der Waals surface area contributed by atoms with Gasteiger partial charge in [-0.2, -0.15) is 5.10 Å². The number of thiophene rings is 1. The quantitative estimate of drug-likeness (QED) is 0.799. The summed E-state index contributed by atoms with van der Waals surface area (Å²) in [5.74, 6) is 0.892. The molecule has 3 aromatic heterocycles. The maximum absolute atomic E-state index is 4.37. The highest BCUT2D eigenvalue weighted by Crippen LogP contribution is 2.32. The lowest BCUT2D eigenvalue weighted by atomic mass is 10.2. The number of nitrogens with zero attached hydrogens (tertiary/aromatic N) is 5. The summed E-state index contributed by atoms with van der Waals surface area (Å²) in [5, 5.41) is 8.67. The van der Waals surface area contributed by atoms with Crippen LogP contribution in [0.25, 0.3) is 10.2 Å². The van der Waals surface area contributed by atoms with Gasteiger partial charge in [0.05, 0.1) is 11.4 Å². The lowest BCUT2D eigenvalue weighted by Crippen LogP contribution is -2.17. The average molecular weight is 288 g/mol. The van der Waals surface area contributed by atoms with Crippen molar-refractivity contribution in [3.05, 3.63) is 29.4 Å². The first-order valence-electron chi connectivity index (χ1n) is 6.45. The molecule has 0 saturated carbocycles. The van der Waals surface area contributed by atoms with Crippen LogP contribution in [-0.2, 0) is 0 Å². The fourth-order valence-corrected chi connectivity index (χ4v) is 3.10. The molecule has 3 aromatic rings. The van der Waals surface area contributed by atoms with Gasteiger partial charge < -0.3 is 5.32 Å². The molecule has 3 heterocycles. The van der Waals surface area contributed by atoms with Crippen LogP contribution in [-0.4, -0.2) is 31.3 Å². The van der Waals surface area contributed by atoms with Gasteiger partial charge in [-0.15, -0.1) is 11.3 Å². The second kappa shape index (κ2) is 5.16. The van der Waals surface area contributed by atoms with Crippen molar-refractivity contribution in [1.29, 1.82) is 0 Å². The number of hydrogen-bond acceptors (Lipinski definition) is 6. The molecule has 104 valence electrons. The monoisotopic (exact) mass is 288 g/mol. The van der Waals surface area contributed by atoms with E-state index in [1.54, 1.807) is 30.3 Å². The summed E-state index contributed by atoms with van der Waals surface area (Å²) in [6.45, 7) is 7.06. The third kappa shape index (κ3) is 2.24. The van der Waals surface area contributed by atoms with Gasteiger partial charge in [-0.1, -0.05) is 0 Å². The van der Waals surface area contributed by atoms with Crippen molar-refractivity contribution in [2.75, 3.05) is 11.9 Å². The Morgan fingerprint density at radius 3 is 2.90 bits per heavy atom. The maximum Gasteiger partial charge on any atom is 0.138 e. The molecular formula is C13H16N6S. The molecule has 7 heteroatoms. The van der Waals surface area contributed by atoms with Gasteiger partial charge in [-0.3, -0.25) is 0 Å². The summed E-state index contributed by atoms with van der Waals surface area (Å²) < 4.78 is 1.83. The summed E-state index contributed by atoms with van der Waals surface area (Å²) in [7, 11) is 0. The van der Waals surface area contributed by atoms with Crippen LogP contribution in [0.2, 0.25) is 0 Å². The van der Waals surface area contributed by atoms with Gasteiger partial charge in [-0.05, 0) is 26.3 Å². The SMILES string of the molecule is Cc1sc2ncnc(NC[C@@H](C)n3cncn3)c2c1C. The average Bonchev–Trinajstić information content (AvgIpc) is 3.06. The Hall–Kier alpha value is -2.02. The molecule has 1 atom stereocenters. The van der Waals surface area contributed by atoms with Crippen molar-refractivity contribution >= 4 is 27.4 Å². The molecule has 0 aromatic carbocycles. The molecule has 1 N–H and O–H groups in total.